The van der Waals surface area contributed by atoms with Gasteiger partial charge in [-0.1, -0.05) is 47.7 Å². The van der Waals surface area contributed by atoms with Gasteiger partial charge in [0.25, 0.3) is 0 Å². The number of carbonyl (C=O) groups is 2. The first kappa shape index (κ1) is 32.2. The van der Waals surface area contributed by atoms with E-state index in [9.17, 15) is 9.59 Å². The van der Waals surface area contributed by atoms with Crippen LogP contribution in [0, 0.1) is 23.7 Å². The van der Waals surface area contributed by atoms with Crippen LogP contribution in [0.1, 0.15) is 75.2 Å². The molecule has 0 bridgehead atoms. The van der Waals surface area contributed by atoms with Crippen molar-refractivity contribution in [3.8, 4) is 0 Å². The van der Waals surface area contributed by atoms with Gasteiger partial charge in [0.15, 0.2) is 12.1 Å². The molecule has 0 aromatic carbocycles. The van der Waals surface area contributed by atoms with Gasteiger partial charge >= 0.3 is 11.9 Å². The molecule has 2 aliphatic rings. The van der Waals surface area contributed by atoms with Crippen molar-refractivity contribution in [2.24, 2.45) is 23.7 Å². The van der Waals surface area contributed by atoms with E-state index in [4.69, 9.17) is 28.4 Å². The monoisotopic (exact) mass is 544 g/mol. The topological polar surface area (TPSA) is 89.5 Å². The van der Waals surface area contributed by atoms with E-state index in [0.717, 1.165) is 6.04 Å². The maximum Gasteiger partial charge on any atom is 0.303 e. The maximum absolute atomic E-state index is 11.9. The van der Waals surface area contributed by atoms with Crippen LogP contribution in [0.3, 0.4) is 0 Å². The zero-order valence-electron chi connectivity index (χ0n) is 25.0. The van der Waals surface area contributed by atoms with Crippen LogP contribution >= 0.6 is 0 Å². The molecule has 216 valence electrons. The third-order valence-corrected chi connectivity index (χ3v) is 9.77. The summed E-state index contributed by atoms with van der Waals surface area (Å²) < 4.78 is 37.3. The summed E-state index contributed by atoms with van der Waals surface area (Å²) in [5, 5.41) is 0. The molecule has 0 aromatic heterocycles. The largest absolute Gasteiger partial charge is 0.463 e. The van der Waals surface area contributed by atoms with E-state index >= 15 is 0 Å². The summed E-state index contributed by atoms with van der Waals surface area (Å²) >= 11 is 0. The Labute approximate surface area is 226 Å². The van der Waals surface area contributed by atoms with Crippen LogP contribution in [-0.4, -0.2) is 69.9 Å². The highest BCUT2D eigenvalue weighted by Gasteiger charge is 2.55. The van der Waals surface area contributed by atoms with Gasteiger partial charge < -0.3 is 28.4 Å². The summed E-state index contributed by atoms with van der Waals surface area (Å²) in [7, 11) is -0.764. The van der Waals surface area contributed by atoms with Crippen molar-refractivity contribution in [3.05, 3.63) is 0 Å². The van der Waals surface area contributed by atoms with Crippen LogP contribution < -0.4 is 0 Å². The van der Waals surface area contributed by atoms with Crippen LogP contribution in [0.5, 0.6) is 0 Å². The molecule has 2 rings (SSSR count). The third-order valence-electron chi connectivity index (χ3n) is 8.38. The Balaban J connectivity index is 2.31. The normalized spacial score (nSPS) is 39.3. The summed E-state index contributed by atoms with van der Waals surface area (Å²) in [4.78, 5) is 23.4. The van der Waals surface area contributed by atoms with E-state index in [-0.39, 0.29) is 60.5 Å². The molecular formula is C28H52O8Si. The maximum atomic E-state index is 11.9. The first-order chi connectivity index (χ1) is 17.1. The van der Waals surface area contributed by atoms with Gasteiger partial charge in [-0.25, -0.2) is 0 Å². The Morgan fingerprint density at radius 3 is 2.24 bits per heavy atom. The standard InChI is InChI=1S/C28H52O8Si/c1-12-24(33-22(7)30)28(9)20(5)17(2)15-27(8,36-28)35-25-18(3)23(16-32-21(6)29)34-26(19(25)4)31-13-14-37(10)11/h17-20,23-26,37H,12-16H2,1-11H3/t17?,18-,19?,20+,23?,24+,25-,26+,27-,28?/m0/s1. The minimum Gasteiger partial charge on any atom is -0.463 e. The van der Waals surface area contributed by atoms with E-state index in [0.29, 0.717) is 19.4 Å². The lowest BCUT2D eigenvalue weighted by molar-refractivity contribution is -0.378. The summed E-state index contributed by atoms with van der Waals surface area (Å²) in [5.41, 5.74) is -0.709. The van der Waals surface area contributed by atoms with Gasteiger partial charge in [0, 0.05) is 47.5 Å². The zero-order valence-corrected chi connectivity index (χ0v) is 26.2. The Morgan fingerprint density at radius 1 is 1.05 bits per heavy atom. The average Bonchev–Trinajstić information content (AvgIpc) is 2.78. The van der Waals surface area contributed by atoms with Crippen molar-refractivity contribution in [2.75, 3.05) is 13.2 Å². The second-order valence-corrected chi connectivity index (χ2v) is 15.5. The average molecular weight is 545 g/mol. The predicted molar refractivity (Wildman–Crippen MR) is 145 cm³/mol. The van der Waals surface area contributed by atoms with Gasteiger partial charge in [-0.05, 0) is 38.1 Å². The Morgan fingerprint density at radius 2 is 1.70 bits per heavy atom. The van der Waals surface area contributed by atoms with Crippen molar-refractivity contribution in [1.82, 2.24) is 0 Å². The fraction of sp³-hybridized carbons (Fsp3) is 0.929. The van der Waals surface area contributed by atoms with Crippen molar-refractivity contribution in [1.29, 1.82) is 0 Å². The fourth-order valence-corrected chi connectivity index (χ4v) is 6.54. The lowest BCUT2D eigenvalue weighted by Crippen LogP contribution is -2.63. The van der Waals surface area contributed by atoms with Crippen molar-refractivity contribution in [2.45, 2.75) is 130 Å². The fourth-order valence-electron chi connectivity index (χ4n) is 5.93. The highest BCUT2D eigenvalue weighted by atomic mass is 28.3. The molecule has 37 heavy (non-hydrogen) atoms. The van der Waals surface area contributed by atoms with Gasteiger partial charge in [0.1, 0.15) is 18.3 Å². The number of rotatable bonds is 11. The van der Waals surface area contributed by atoms with E-state index < -0.39 is 26.5 Å². The quantitative estimate of drug-likeness (QED) is 0.267. The Hall–Kier alpha value is -1.00. The Kier molecular flexibility index (Phi) is 11.6. The number of hydrogen-bond donors (Lipinski definition) is 0. The molecule has 9 heteroatoms. The van der Waals surface area contributed by atoms with Crippen molar-refractivity contribution < 1.29 is 38.0 Å². The predicted octanol–water partition coefficient (Wildman–Crippen LogP) is 4.94. The summed E-state index contributed by atoms with van der Waals surface area (Å²) in [6.07, 6.45) is -0.106. The van der Waals surface area contributed by atoms with E-state index in [1.807, 2.05) is 20.8 Å². The lowest BCUT2D eigenvalue weighted by Gasteiger charge is -2.55. The van der Waals surface area contributed by atoms with Crippen LogP contribution in [-0.2, 0) is 38.0 Å². The SMILES string of the molecule is CC[C@@H](OC(C)=O)C1(C)O[C@](C)(O[C@@H]2C(C)[C@H](OCC[SiH](C)C)OC(COC(C)=O)[C@@H]2C)CC(C)[C@H]1C. The molecule has 2 aliphatic heterocycles. The van der Waals surface area contributed by atoms with Gasteiger partial charge in [-0.3, -0.25) is 9.59 Å². The second-order valence-electron chi connectivity index (χ2n) is 12.1. The highest BCUT2D eigenvalue weighted by molar-refractivity contribution is 6.55. The third kappa shape index (κ3) is 8.24. The molecule has 8 nitrogen and oxygen atoms in total. The first-order valence-corrected chi connectivity index (χ1v) is 17.2. The van der Waals surface area contributed by atoms with Crippen molar-refractivity contribution >= 4 is 20.7 Å². The lowest BCUT2D eigenvalue weighted by atomic mass is 9.72. The van der Waals surface area contributed by atoms with Crippen LogP contribution in [0.2, 0.25) is 19.1 Å². The molecule has 10 atom stereocenters. The molecule has 0 saturated carbocycles. The molecule has 0 aromatic rings. The zero-order chi connectivity index (χ0) is 28.1. The molecule has 0 radical (unpaired) electrons. The van der Waals surface area contributed by atoms with E-state index in [1.54, 1.807) is 0 Å². The summed E-state index contributed by atoms with van der Waals surface area (Å²) in [6, 6.07) is 1.06. The molecule has 0 aliphatic carbocycles. The summed E-state index contributed by atoms with van der Waals surface area (Å²) in [5.74, 6) is -1.24. The molecule has 2 saturated heterocycles. The van der Waals surface area contributed by atoms with Gasteiger partial charge in [-0.15, -0.1) is 0 Å². The molecule has 2 heterocycles. The molecule has 0 spiro atoms. The number of esters is 2. The number of hydrogen-bond acceptors (Lipinski definition) is 8. The van der Waals surface area contributed by atoms with Crippen LogP contribution in [0.25, 0.3) is 0 Å². The Bertz CT molecular complexity index is 762. The second kappa shape index (κ2) is 13.4. The molecule has 2 fully saturated rings. The molecular weight excluding hydrogens is 492 g/mol. The number of carbonyl (C=O) groups excluding carboxylic acids is 2. The van der Waals surface area contributed by atoms with Gasteiger partial charge in [-0.2, -0.15) is 0 Å². The first-order valence-electron chi connectivity index (χ1n) is 14.1. The molecule has 0 amide bonds. The smallest absolute Gasteiger partial charge is 0.303 e. The van der Waals surface area contributed by atoms with Gasteiger partial charge in [0.2, 0.25) is 0 Å². The minimum absolute atomic E-state index is 0.0609. The molecule has 4 unspecified atom stereocenters. The van der Waals surface area contributed by atoms with Crippen molar-refractivity contribution in [3.63, 3.8) is 0 Å². The van der Waals surface area contributed by atoms with Crippen LogP contribution in [0.15, 0.2) is 0 Å². The highest BCUT2D eigenvalue weighted by Crippen LogP contribution is 2.48. The number of ether oxygens (including phenoxy) is 6. The molecule has 0 N–H and O–H groups in total. The van der Waals surface area contributed by atoms with Crippen LogP contribution in [0.4, 0.5) is 0 Å². The van der Waals surface area contributed by atoms with Gasteiger partial charge in [0.05, 0.1) is 12.2 Å². The van der Waals surface area contributed by atoms with E-state index in [2.05, 4.69) is 40.8 Å². The minimum atomic E-state index is -0.903. The summed E-state index contributed by atoms with van der Waals surface area (Å²) in [6.45, 7) is 22.8. The van der Waals surface area contributed by atoms with E-state index in [1.165, 1.54) is 13.8 Å².